The van der Waals surface area contributed by atoms with Crippen LogP contribution in [0.5, 0.6) is 0 Å². The lowest BCUT2D eigenvalue weighted by atomic mass is 10.1. The summed E-state index contributed by atoms with van der Waals surface area (Å²) in [4.78, 5) is 36.4. The molecule has 4 rings (SSSR count). The number of amides is 2. The fourth-order valence-corrected chi connectivity index (χ4v) is 3.35. The van der Waals surface area contributed by atoms with E-state index in [4.69, 9.17) is 33.0 Å². The lowest BCUT2D eigenvalue weighted by Crippen LogP contribution is -2.51. The number of carbonyl (C=O) groups is 3. The third-order valence-electron chi connectivity index (χ3n) is 4.56. The second-order valence-corrected chi connectivity index (χ2v) is 7.56. The van der Waals surface area contributed by atoms with E-state index in [0.29, 0.717) is 33.2 Å². The minimum Gasteiger partial charge on any atom is -0.457 e. The predicted octanol–water partition coefficient (Wildman–Crippen LogP) is 3.87. The Bertz CT molecular complexity index is 1260. The third-order valence-corrected chi connectivity index (χ3v) is 5.13. The maximum atomic E-state index is 12.5. The smallest absolute Gasteiger partial charge is 0.338 e. The molecule has 0 bridgehead atoms. The molecule has 1 aromatic heterocycles. The molecule has 0 radical (unpaired) electrons. The van der Waals surface area contributed by atoms with Crippen molar-refractivity contribution in [3.05, 3.63) is 88.1 Å². The quantitative estimate of drug-likeness (QED) is 0.256. The minimum atomic E-state index is -0.611. The number of esters is 1. The fraction of sp³-hybridized carbons (Fsp3) is 0.0435. The number of nitrogens with one attached hydrogen (secondary N) is 2. The second-order valence-electron chi connectivity index (χ2n) is 6.75. The Morgan fingerprint density at radius 3 is 2.53 bits per heavy atom. The average Bonchev–Trinajstić information content (AvgIpc) is 3.24. The molecular formula is C23H15ClN2O5S. The Balaban J connectivity index is 1.50. The monoisotopic (exact) mass is 466 g/mol. The number of hydrogen-bond acceptors (Lipinski definition) is 6. The molecule has 1 saturated heterocycles. The van der Waals surface area contributed by atoms with Crippen LogP contribution in [0.25, 0.3) is 17.4 Å². The molecule has 1 fully saturated rings. The van der Waals surface area contributed by atoms with Gasteiger partial charge in [-0.05, 0) is 48.6 Å². The molecule has 2 aromatic carbocycles. The summed E-state index contributed by atoms with van der Waals surface area (Å²) < 4.78 is 11.1. The Labute approximate surface area is 193 Å². The van der Waals surface area contributed by atoms with Gasteiger partial charge in [-0.15, -0.1) is 0 Å². The van der Waals surface area contributed by atoms with Crippen molar-refractivity contribution in [1.29, 1.82) is 0 Å². The normalized spacial score (nSPS) is 13.4. The molecule has 160 valence electrons. The van der Waals surface area contributed by atoms with E-state index in [1.54, 1.807) is 54.6 Å². The van der Waals surface area contributed by atoms with Crippen molar-refractivity contribution in [2.24, 2.45) is 0 Å². The molecule has 32 heavy (non-hydrogen) atoms. The molecule has 1 aliphatic rings. The molecule has 0 atom stereocenters. The van der Waals surface area contributed by atoms with Gasteiger partial charge < -0.3 is 9.15 Å². The Morgan fingerprint density at radius 2 is 1.78 bits per heavy atom. The van der Waals surface area contributed by atoms with Gasteiger partial charge in [-0.3, -0.25) is 20.2 Å². The summed E-state index contributed by atoms with van der Waals surface area (Å²) in [5.74, 6) is -0.989. The van der Waals surface area contributed by atoms with E-state index < -0.39 is 17.8 Å². The lowest BCUT2D eigenvalue weighted by Gasteiger charge is -2.15. The topological polar surface area (TPSA) is 97.6 Å². The maximum Gasteiger partial charge on any atom is 0.338 e. The number of carbonyl (C=O) groups excluding carboxylic acids is 3. The van der Waals surface area contributed by atoms with Gasteiger partial charge >= 0.3 is 5.97 Å². The molecule has 7 nitrogen and oxygen atoms in total. The average molecular weight is 467 g/mol. The summed E-state index contributed by atoms with van der Waals surface area (Å²) in [5.41, 5.74) is 1.54. The van der Waals surface area contributed by atoms with Gasteiger partial charge in [0.15, 0.2) is 5.11 Å². The molecule has 2 N–H and O–H groups in total. The number of furan rings is 1. The zero-order chi connectivity index (χ0) is 22.7. The number of thiocarbonyl (C=S) groups is 1. The maximum absolute atomic E-state index is 12.5. The first-order valence-corrected chi connectivity index (χ1v) is 10.2. The summed E-state index contributed by atoms with van der Waals surface area (Å²) in [6.45, 7) is 0.0504. The van der Waals surface area contributed by atoms with Crippen LogP contribution in [-0.2, 0) is 20.9 Å². The number of ether oxygens (including phenoxy) is 1. The Morgan fingerprint density at radius 1 is 1.03 bits per heavy atom. The van der Waals surface area contributed by atoms with Crippen molar-refractivity contribution >= 4 is 52.8 Å². The molecule has 0 aliphatic carbocycles. The third kappa shape index (κ3) is 4.77. The van der Waals surface area contributed by atoms with Gasteiger partial charge in [-0.25, -0.2) is 4.79 Å². The van der Waals surface area contributed by atoms with Crippen LogP contribution in [0, 0.1) is 0 Å². The first-order chi connectivity index (χ1) is 15.4. The molecule has 9 heteroatoms. The predicted molar refractivity (Wildman–Crippen MR) is 122 cm³/mol. The van der Waals surface area contributed by atoms with E-state index in [1.165, 1.54) is 6.08 Å². The van der Waals surface area contributed by atoms with Gasteiger partial charge in [0.05, 0.1) is 5.56 Å². The number of benzene rings is 2. The van der Waals surface area contributed by atoms with Crippen LogP contribution in [0.4, 0.5) is 0 Å². The van der Waals surface area contributed by atoms with Crippen LogP contribution < -0.4 is 10.6 Å². The van der Waals surface area contributed by atoms with Crippen LogP contribution in [0.15, 0.2) is 70.7 Å². The Hall–Kier alpha value is -3.75. The highest BCUT2D eigenvalue weighted by atomic mass is 35.5. The molecule has 3 aromatic rings. The van der Waals surface area contributed by atoms with Crippen molar-refractivity contribution in [2.45, 2.75) is 6.61 Å². The van der Waals surface area contributed by atoms with Crippen molar-refractivity contribution in [1.82, 2.24) is 10.6 Å². The van der Waals surface area contributed by atoms with E-state index in [0.717, 1.165) is 0 Å². The number of rotatable bonds is 5. The van der Waals surface area contributed by atoms with Gasteiger partial charge in [0.2, 0.25) is 0 Å². The van der Waals surface area contributed by atoms with E-state index >= 15 is 0 Å². The highest BCUT2D eigenvalue weighted by molar-refractivity contribution is 7.80. The van der Waals surface area contributed by atoms with Crippen LogP contribution >= 0.6 is 23.8 Å². The van der Waals surface area contributed by atoms with Crippen LogP contribution in [0.1, 0.15) is 21.7 Å². The van der Waals surface area contributed by atoms with E-state index in [2.05, 4.69) is 10.6 Å². The van der Waals surface area contributed by atoms with Crippen molar-refractivity contribution < 1.29 is 23.5 Å². The van der Waals surface area contributed by atoms with Crippen molar-refractivity contribution in [3.63, 3.8) is 0 Å². The van der Waals surface area contributed by atoms with Crippen LogP contribution in [-0.4, -0.2) is 22.9 Å². The van der Waals surface area contributed by atoms with Gasteiger partial charge in [-0.1, -0.05) is 41.9 Å². The highest BCUT2D eigenvalue weighted by Gasteiger charge is 2.26. The van der Waals surface area contributed by atoms with E-state index in [1.807, 2.05) is 6.07 Å². The van der Waals surface area contributed by atoms with Crippen molar-refractivity contribution in [2.75, 3.05) is 0 Å². The zero-order valence-corrected chi connectivity index (χ0v) is 18.0. The largest absolute Gasteiger partial charge is 0.457 e. The SMILES string of the molecule is O=C1NC(=S)NC(=O)C1=Cc1ccc(-c2cccc(C(=O)OCc3ccccc3Cl)c2)o1. The zero-order valence-electron chi connectivity index (χ0n) is 16.4. The standard InChI is InChI=1S/C23H15ClN2O5S/c24-18-7-2-1-4-15(18)12-30-22(29)14-6-3-5-13(10-14)19-9-8-16(31-19)11-17-20(27)25-23(32)26-21(17)28/h1-11H,12H2,(H2,25,26,27,28,32). The summed E-state index contributed by atoms with van der Waals surface area (Å²) in [5, 5.41) is 5.19. The summed E-state index contributed by atoms with van der Waals surface area (Å²) >= 11 is 10.9. The first kappa shape index (κ1) is 21.5. The van der Waals surface area contributed by atoms with E-state index in [-0.39, 0.29) is 17.3 Å². The van der Waals surface area contributed by atoms with E-state index in [9.17, 15) is 14.4 Å². The number of hydrogen-bond donors (Lipinski definition) is 2. The molecule has 2 heterocycles. The summed E-state index contributed by atoms with van der Waals surface area (Å²) in [6, 6.07) is 17.1. The van der Waals surface area contributed by atoms with Gasteiger partial charge in [0, 0.05) is 16.1 Å². The van der Waals surface area contributed by atoms with Gasteiger partial charge in [0.25, 0.3) is 11.8 Å². The molecule has 1 aliphatic heterocycles. The van der Waals surface area contributed by atoms with Crippen LogP contribution in [0.3, 0.4) is 0 Å². The molecule has 0 spiro atoms. The van der Waals surface area contributed by atoms with Crippen LogP contribution in [0.2, 0.25) is 5.02 Å². The first-order valence-electron chi connectivity index (χ1n) is 9.40. The molecule has 0 saturated carbocycles. The molecule has 2 amide bonds. The summed E-state index contributed by atoms with van der Waals surface area (Å²) in [7, 11) is 0. The Kier molecular flexibility index (Phi) is 6.16. The number of halogens is 1. The highest BCUT2D eigenvalue weighted by Crippen LogP contribution is 2.25. The second kappa shape index (κ2) is 9.17. The molecule has 0 unspecified atom stereocenters. The lowest BCUT2D eigenvalue weighted by molar-refractivity contribution is -0.123. The fourth-order valence-electron chi connectivity index (χ4n) is 2.98. The summed E-state index contributed by atoms with van der Waals surface area (Å²) in [6.07, 6.45) is 1.32. The molecular weight excluding hydrogens is 452 g/mol. The van der Waals surface area contributed by atoms with Crippen molar-refractivity contribution in [3.8, 4) is 11.3 Å². The minimum absolute atomic E-state index is 0.0458. The van der Waals surface area contributed by atoms with Gasteiger partial charge in [0.1, 0.15) is 23.7 Å². The van der Waals surface area contributed by atoms with Gasteiger partial charge in [-0.2, -0.15) is 0 Å².